The van der Waals surface area contributed by atoms with E-state index < -0.39 is 0 Å². The van der Waals surface area contributed by atoms with E-state index in [0.29, 0.717) is 13.0 Å². The van der Waals surface area contributed by atoms with Crippen LogP contribution in [0.3, 0.4) is 0 Å². The number of ether oxygens (including phenoxy) is 1. The number of esters is 1. The number of hydrogen-bond donors (Lipinski definition) is 0. The molecule has 1 saturated heterocycles. The van der Waals surface area contributed by atoms with Gasteiger partial charge in [0.15, 0.2) is 0 Å². The Kier molecular flexibility index (Phi) is 4.31. The summed E-state index contributed by atoms with van der Waals surface area (Å²) in [6.07, 6.45) is 4.96. The van der Waals surface area contributed by atoms with E-state index in [1.54, 1.807) is 0 Å². The number of carbonyl (C=O) groups is 1. The zero-order chi connectivity index (χ0) is 9.52. The first-order chi connectivity index (χ1) is 6.33. The smallest absolute Gasteiger partial charge is 0.305 e. The van der Waals surface area contributed by atoms with Crippen molar-refractivity contribution in [2.75, 3.05) is 6.61 Å². The molecular formula is C10H15NO2. The highest BCUT2D eigenvalue weighted by Crippen LogP contribution is 2.16. The summed E-state index contributed by atoms with van der Waals surface area (Å²) in [4.78, 5) is 11.0. The number of carbonyl (C=O) groups excluding carboxylic acids is 1. The van der Waals surface area contributed by atoms with Gasteiger partial charge in [0.25, 0.3) is 0 Å². The van der Waals surface area contributed by atoms with E-state index in [4.69, 9.17) is 10.00 Å². The van der Waals surface area contributed by atoms with Crippen LogP contribution in [0.5, 0.6) is 0 Å². The maximum atomic E-state index is 11.0. The van der Waals surface area contributed by atoms with Crippen LogP contribution in [0.4, 0.5) is 0 Å². The van der Waals surface area contributed by atoms with Crippen LogP contribution in [-0.2, 0) is 9.53 Å². The SMILES string of the molecule is N#CC1CCCCC(=O)OCCC1. The molecule has 0 aromatic carbocycles. The zero-order valence-corrected chi connectivity index (χ0v) is 7.79. The van der Waals surface area contributed by atoms with Crippen molar-refractivity contribution in [3.05, 3.63) is 0 Å². The predicted octanol–water partition coefficient (Wildman–Crippen LogP) is 2.02. The van der Waals surface area contributed by atoms with Crippen LogP contribution < -0.4 is 0 Å². The van der Waals surface area contributed by atoms with Crippen LogP contribution in [-0.4, -0.2) is 12.6 Å². The van der Waals surface area contributed by atoms with Gasteiger partial charge in [0, 0.05) is 12.3 Å². The third-order valence-electron chi connectivity index (χ3n) is 2.33. The molecule has 1 heterocycles. The molecule has 13 heavy (non-hydrogen) atoms. The summed E-state index contributed by atoms with van der Waals surface area (Å²) in [5, 5.41) is 8.76. The van der Waals surface area contributed by atoms with E-state index in [1.807, 2.05) is 0 Å². The minimum Gasteiger partial charge on any atom is -0.466 e. The third kappa shape index (κ3) is 3.93. The molecular weight excluding hydrogens is 166 g/mol. The van der Waals surface area contributed by atoms with E-state index in [-0.39, 0.29) is 11.9 Å². The number of nitrogens with zero attached hydrogens (tertiary/aromatic N) is 1. The molecule has 1 atom stereocenters. The van der Waals surface area contributed by atoms with Crippen molar-refractivity contribution >= 4 is 5.97 Å². The van der Waals surface area contributed by atoms with Gasteiger partial charge < -0.3 is 4.74 Å². The monoisotopic (exact) mass is 181 g/mol. The molecule has 0 aromatic rings. The summed E-state index contributed by atoms with van der Waals surface area (Å²) in [5.41, 5.74) is 0. The van der Waals surface area contributed by atoms with Crippen LogP contribution in [0.25, 0.3) is 0 Å². The average molecular weight is 181 g/mol. The molecule has 1 fully saturated rings. The summed E-state index contributed by atoms with van der Waals surface area (Å²) in [6.45, 7) is 0.483. The Morgan fingerprint density at radius 3 is 2.85 bits per heavy atom. The number of rotatable bonds is 0. The molecule has 0 N–H and O–H groups in total. The first kappa shape index (κ1) is 10.0. The van der Waals surface area contributed by atoms with Gasteiger partial charge in [0.05, 0.1) is 12.7 Å². The lowest BCUT2D eigenvalue weighted by molar-refractivity contribution is -0.144. The quantitative estimate of drug-likeness (QED) is 0.537. The fourth-order valence-electron chi connectivity index (χ4n) is 1.52. The van der Waals surface area contributed by atoms with Gasteiger partial charge in [-0.25, -0.2) is 0 Å². The molecule has 0 aromatic heterocycles. The number of nitriles is 1. The minimum atomic E-state index is -0.0876. The molecule has 0 bridgehead atoms. The summed E-state index contributed by atoms with van der Waals surface area (Å²) >= 11 is 0. The fraction of sp³-hybridized carbons (Fsp3) is 0.800. The van der Waals surface area contributed by atoms with E-state index in [0.717, 1.165) is 32.1 Å². The molecule has 1 unspecified atom stereocenters. The molecule has 0 aliphatic carbocycles. The molecule has 72 valence electrons. The lowest BCUT2D eigenvalue weighted by Crippen LogP contribution is -2.09. The second kappa shape index (κ2) is 5.58. The van der Waals surface area contributed by atoms with Crippen LogP contribution in [0.2, 0.25) is 0 Å². The predicted molar refractivity (Wildman–Crippen MR) is 47.8 cm³/mol. The Balaban J connectivity index is 2.33. The molecule has 1 aliphatic heterocycles. The van der Waals surface area contributed by atoms with Gasteiger partial charge in [-0.3, -0.25) is 4.79 Å². The van der Waals surface area contributed by atoms with Crippen molar-refractivity contribution in [2.45, 2.75) is 38.5 Å². The topological polar surface area (TPSA) is 50.1 Å². The second-order valence-corrected chi connectivity index (χ2v) is 3.43. The maximum Gasteiger partial charge on any atom is 0.305 e. The lowest BCUT2D eigenvalue weighted by Gasteiger charge is -2.11. The van der Waals surface area contributed by atoms with Gasteiger partial charge in [-0.15, -0.1) is 0 Å². The summed E-state index contributed by atoms with van der Waals surface area (Å²) < 4.78 is 4.96. The van der Waals surface area contributed by atoms with Crippen LogP contribution >= 0.6 is 0 Å². The number of hydrogen-bond acceptors (Lipinski definition) is 3. The molecule has 3 nitrogen and oxygen atoms in total. The molecule has 1 aliphatic rings. The third-order valence-corrected chi connectivity index (χ3v) is 2.33. The first-order valence-electron chi connectivity index (χ1n) is 4.88. The zero-order valence-electron chi connectivity index (χ0n) is 7.79. The minimum absolute atomic E-state index is 0.0876. The number of cyclic esters (lactones) is 1. The average Bonchev–Trinajstić information content (AvgIpc) is 2.16. The van der Waals surface area contributed by atoms with Gasteiger partial charge in [-0.05, 0) is 25.7 Å². The Bertz CT molecular complexity index is 193. The van der Waals surface area contributed by atoms with Crippen LogP contribution in [0, 0.1) is 17.2 Å². The van der Waals surface area contributed by atoms with Crippen molar-refractivity contribution in [1.82, 2.24) is 0 Å². The van der Waals surface area contributed by atoms with Crippen LogP contribution in [0.1, 0.15) is 38.5 Å². The van der Waals surface area contributed by atoms with Gasteiger partial charge >= 0.3 is 5.97 Å². The summed E-state index contributed by atoms with van der Waals surface area (Å²) in [5.74, 6) is 0.0761. The Morgan fingerprint density at radius 2 is 2.08 bits per heavy atom. The Labute approximate surface area is 78.7 Å². The standard InChI is InChI=1S/C10H15NO2/c11-8-9-4-1-2-6-10(12)13-7-3-5-9/h9H,1-7H2. The van der Waals surface area contributed by atoms with Gasteiger partial charge in [0.1, 0.15) is 0 Å². The van der Waals surface area contributed by atoms with Gasteiger partial charge in [-0.1, -0.05) is 6.42 Å². The lowest BCUT2D eigenvalue weighted by atomic mass is 9.97. The molecule has 3 heteroatoms. The van der Waals surface area contributed by atoms with Crippen LogP contribution in [0.15, 0.2) is 0 Å². The molecule has 0 spiro atoms. The van der Waals surface area contributed by atoms with Crippen molar-refractivity contribution < 1.29 is 9.53 Å². The highest BCUT2D eigenvalue weighted by atomic mass is 16.5. The molecule has 0 saturated carbocycles. The highest BCUT2D eigenvalue weighted by molar-refractivity contribution is 5.69. The molecule has 1 rings (SSSR count). The Hall–Kier alpha value is -1.04. The van der Waals surface area contributed by atoms with Crippen molar-refractivity contribution in [3.8, 4) is 6.07 Å². The van der Waals surface area contributed by atoms with Gasteiger partial charge in [-0.2, -0.15) is 5.26 Å². The largest absolute Gasteiger partial charge is 0.466 e. The van der Waals surface area contributed by atoms with E-state index in [1.165, 1.54) is 0 Å². The first-order valence-corrected chi connectivity index (χ1v) is 4.88. The summed E-state index contributed by atoms with van der Waals surface area (Å²) in [6, 6.07) is 2.29. The molecule has 0 amide bonds. The van der Waals surface area contributed by atoms with E-state index in [9.17, 15) is 4.79 Å². The van der Waals surface area contributed by atoms with Crippen molar-refractivity contribution in [3.63, 3.8) is 0 Å². The molecule has 0 radical (unpaired) electrons. The van der Waals surface area contributed by atoms with E-state index in [2.05, 4.69) is 6.07 Å². The second-order valence-electron chi connectivity index (χ2n) is 3.43. The highest BCUT2D eigenvalue weighted by Gasteiger charge is 2.11. The van der Waals surface area contributed by atoms with Gasteiger partial charge in [0.2, 0.25) is 0 Å². The maximum absolute atomic E-state index is 11.0. The normalized spacial score (nSPS) is 25.8. The fourth-order valence-corrected chi connectivity index (χ4v) is 1.52. The Morgan fingerprint density at radius 1 is 1.31 bits per heavy atom. The summed E-state index contributed by atoms with van der Waals surface area (Å²) in [7, 11) is 0. The van der Waals surface area contributed by atoms with Crippen molar-refractivity contribution in [1.29, 1.82) is 5.26 Å². The van der Waals surface area contributed by atoms with Crippen molar-refractivity contribution in [2.24, 2.45) is 5.92 Å². The van der Waals surface area contributed by atoms with E-state index >= 15 is 0 Å².